The van der Waals surface area contributed by atoms with Crippen molar-refractivity contribution >= 4 is 25.3 Å². The Morgan fingerprint density at radius 3 is 1.69 bits per heavy atom. The highest BCUT2D eigenvalue weighted by atomic mass is 32.2. The summed E-state index contributed by atoms with van der Waals surface area (Å²) < 4.78 is 17.2. The summed E-state index contributed by atoms with van der Waals surface area (Å²) in [5, 5.41) is 0.248. The number of hydrogen-bond donors (Lipinski definition) is 0. The van der Waals surface area contributed by atoms with Crippen LogP contribution < -0.4 is 0 Å². The predicted molar refractivity (Wildman–Crippen MR) is 129 cm³/mol. The lowest BCUT2D eigenvalue weighted by atomic mass is 9.92. The third-order valence-corrected chi connectivity index (χ3v) is 9.08. The van der Waals surface area contributed by atoms with Gasteiger partial charge >= 0.3 is 0 Å². The van der Waals surface area contributed by atoms with Crippen molar-refractivity contribution in [3.63, 3.8) is 0 Å². The van der Waals surface area contributed by atoms with Gasteiger partial charge in [0.1, 0.15) is 0 Å². The summed E-state index contributed by atoms with van der Waals surface area (Å²) in [5.74, 6) is 0.700. The van der Waals surface area contributed by atoms with Crippen molar-refractivity contribution in [2.24, 2.45) is 5.41 Å². The van der Waals surface area contributed by atoms with Gasteiger partial charge in [-0.15, -0.1) is 0 Å². The van der Waals surface area contributed by atoms with Crippen LogP contribution in [0.3, 0.4) is 0 Å². The molecule has 0 heterocycles. The Balaban J connectivity index is 4.67. The van der Waals surface area contributed by atoms with E-state index in [1.54, 1.807) is 0 Å². The van der Waals surface area contributed by atoms with Crippen LogP contribution in [0.15, 0.2) is 0 Å². The van der Waals surface area contributed by atoms with E-state index < -0.39 is 8.45 Å². The molecule has 0 rings (SSSR count). The van der Waals surface area contributed by atoms with Crippen molar-refractivity contribution in [2.45, 2.75) is 107 Å². The first-order valence-electron chi connectivity index (χ1n) is 11.1. The van der Waals surface area contributed by atoms with E-state index >= 15 is 0 Å². The van der Waals surface area contributed by atoms with Gasteiger partial charge in [-0.05, 0) is 61.8 Å². The Morgan fingerprint density at radius 2 is 1.31 bits per heavy atom. The molecule has 0 aliphatic heterocycles. The molecule has 0 unspecified atom stereocenters. The van der Waals surface area contributed by atoms with Crippen molar-refractivity contribution < 1.29 is 14.1 Å². The van der Waals surface area contributed by atoms with Gasteiger partial charge in [-0.25, -0.2) is 9.34 Å². The lowest BCUT2D eigenvalue weighted by Crippen LogP contribution is -2.43. The molecule has 0 saturated carbocycles. The van der Waals surface area contributed by atoms with E-state index in [0.29, 0.717) is 49.7 Å². The molecule has 0 atom stereocenters. The second-order valence-electron chi connectivity index (χ2n) is 9.21. The van der Waals surface area contributed by atoms with Crippen LogP contribution in [-0.4, -0.2) is 64.2 Å². The highest BCUT2D eigenvalue weighted by Crippen LogP contribution is 2.50. The summed E-state index contributed by atoms with van der Waals surface area (Å²) in [6.07, 6.45) is 0.863. The SMILES string of the molecule is CCC(C)(C)C(=O)SCCOCCOP(N(C(C)C)C(C)C)N(C(C)C)C(C)C. The Morgan fingerprint density at radius 1 is 0.862 bits per heavy atom. The van der Waals surface area contributed by atoms with Crippen LogP contribution in [0.5, 0.6) is 0 Å². The zero-order valence-electron chi connectivity index (χ0n) is 20.8. The number of hydrogen-bond acceptors (Lipinski definition) is 6. The molecular formula is C22H47N2O3PS. The third kappa shape index (κ3) is 10.4. The molecule has 0 aromatic heterocycles. The molecule has 0 radical (unpaired) electrons. The summed E-state index contributed by atoms with van der Waals surface area (Å²) in [4.78, 5) is 12.2. The molecule has 0 amide bonds. The fourth-order valence-corrected chi connectivity index (χ4v) is 6.29. The normalized spacial score (nSPS) is 13.3. The number of ether oxygens (including phenoxy) is 1. The quantitative estimate of drug-likeness (QED) is 0.219. The molecule has 0 aliphatic carbocycles. The molecule has 29 heavy (non-hydrogen) atoms. The van der Waals surface area contributed by atoms with Crippen molar-refractivity contribution in [3.8, 4) is 0 Å². The number of rotatable bonds is 15. The maximum atomic E-state index is 12.2. The second kappa shape index (κ2) is 14.4. The maximum absolute atomic E-state index is 12.2. The second-order valence-corrected chi connectivity index (χ2v) is 12.0. The monoisotopic (exact) mass is 450 g/mol. The minimum absolute atomic E-state index is 0.248. The average Bonchev–Trinajstić information content (AvgIpc) is 2.58. The van der Waals surface area contributed by atoms with E-state index in [0.717, 1.165) is 6.42 Å². The molecule has 174 valence electrons. The number of carbonyl (C=O) groups excluding carboxylic acids is 1. The van der Waals surface area contributed by atoms with Crippen LogP contribution in [-0.2, 0) is 14.1 Å². The van der Waals surface area contributed by atoms with E-state index in [4.69, 9.17) is 9.26 Å². The third-order valence-electron chi connectivity index (χ3n) is 4.84. The van der Waals surface area contributed by atoms with Crippen molar-refractivity contribution in [1.29, 1.82) is 0 Å². The van der Waals surface area contributed by atoms with Gasteiger partial charge in [0.15, 0.2) is 13.6 Å². The molecule has 0 aliphatic rings. The Labute approximate surface area is 186 Å². The van der Waals surface area contributed by atoms with Crippen LogP contribution in [0.4, 0.5) is 0 Å². The molecule has 0 bridgehead atoms. The smallest absolute Gasteiger partial charge is 0.194 e. The van der Waals surface area contributed by atoms with Crippen molar-refractivity contribution in [1.82, 2.24) is 9.34 Å². The van der Waals surface area contributed by atoms with Gasteiger partial charge in [-0.3, -0.25) is 4.79 Å². The topological polar surface area (TPSA) is 42.0 Å². The first-order valence-corrected chi connectivity index (χ1v) is 13.3. The van der Waals surface area contributed by atoms with E-state index in [2.05, 4.69) is 71.7 Å². The highest BCUT2D eigenvalue weighted by Gasteiger charge is 2.34. The first-order chi connectivity index (χ1) is 13.4. The minimum Gasteiger partial charge on any atom is -0.378 e. The number of carbonyl (C=O) groups is 1. The van der Waals surface area contributed by atoms with Crippen LogP contribution in [0.2, 0.25) is 0 Å². The minimum atomic E-state index is -0.871. The van der Waals surface area contributed by atoms with Crippen LogP contribution in [0.25, 0.3) is 0 Å². The molecule has 0 aromatic carbocycles. The van der Waals surface area contributed by atoms with Gasteiger partial charge in [0, 0.05) is 35.3 Å². The fourth-order valence-electron chi connectivity index (χ4n) is 3.05. The molecule has 0 saturated heterocycles. The lowest BCUT2D eigenvalue weighted by Gasteiger charge is -2.45. The largest absolute Gasteiger partial charge is 0.378 e. The Kier molecular flexibility index (Phi) is 14.5. The zero-order chi connectivity index (χ0) is 22.8. The predicted octanol–water partition coefficient (Wildman–Crippen LogP) is 6.18. The fraction of sp³-hybridized carbons (Fsp3) is 0.955. The van der Waals surface area contributed by atoms with Gasteiger partial charge in [0.2, 0.25) is 0 Å². The average molecular weight is 451 g/mol. The van der Waals surface area contributed by atoms with Crippen LogP contribution >= 0.6 is 20.2 Å². The summed E-state index contributed by atoms with van der Waals surface area (Å²) in [5.41, 5.74) is -0.252. The molecule has 5 nitrogen and oxygen atoms in total. The molecule has 7 heteroatoms. The Hall–Kier alpha value is 0.290. The van der Waals surface area contributed by atoms with Crippen molar-refractivity contribution in [2.75, 3.05) is 25.6 Å². The first kappa shape index (κ1) is 29.3. The zero-order valence-corrected chi connectivity index (χ0v) is 22.5. The summed E-state index contributed by atoms with van der Waals surface area (Å²) in [7, 11) is -0.871. The molecule has 0 N–H and O–H groups in total. The van der Waals surface area contributed by atoms with Gasteiger partial charge in [0.25, 0.3) is 0 Å². The van der Waals surface area contributed by atoms with E-state index in [9.17, 15) is 4.79 Å². The number of nitrogens with zero attached hydrogens (tertiary/aromatic N) is 2. The van der Waals surface area contributed by atoms with Gasteiger partial charge in [-0.1, -0.05) is 32.5 Å². The number of thioether (sulfide) groups is 1. The summed E-state index contributed by atoms with van der Waals surface area (Å²) in [6, 6.07) is 1.63. The standard InChI is InChI=1S/C22H47N2O3PS/c1-12-22(10,11)21(25)29-16-15-26-13-14-27-28(23(17(2)3)18(4)5)24(19(6)7)20(8)9/h17-20H,12-16H2,1-11H3. The van der Waals surface area contributed by atoms with Crippen LogP contribution in [0.1, 0.15) is 82.6 Å². The summed E-state index contributed by atoms with van der Waals surface area (Å²) >= 11 is 1.38. The molecule has 0 fully saturated rings. The van der Waals surface area contributed by atoms with E-state index in [-0.39, 0.29) is 10.5 Å². The van der Waals surface area contributed by atoms with E-state index in [1.807, 2.05) is 13.8 Å². The molecular weight excluding hydrogens is 403 g/mol. The summed E-state index contributed by atoms with van der Waals surface area (Å²) in [6.45, 7) is 25.6. The molecule has 0 aromatic rings. The maximum Gasteiger partial charge on any atom is 0.194 e. The lowest BCUT2D eigenvalue weighted by molar-refractivity contribution is -0.118. The van der Waals surface area contributed by atoms with E-state index in [1.165, 1.54) is 11.8 Å². The Bertz CT molecular complexity index is 423. The van der Waals surface area contributed by atoms with Crippen molar-refractivity contribution in [3.05, 3.63) is 0 Å². The van der Waals surface area contributed by atoms with Gasteiger partial charge in [-0.2, -0.15) is 0 Å². The van der Waals surface area contributed by atoms with Gasteiger partial charge < -0.3 is 9.26 Å². The van der Waals surface area contributed by atoms with Crippen LogP contribution in [0, 0.1) is 5.41 Å². The molecule has 0 spiro atoms. The highest BCUT2D eigenvalue weighted by molar-refractivity contribution is 8.13. The van der Waals surface area contributed by atoms with Gasteiger partial charge in [0.05, 0.1) is 19.8 Å².